The molecule has 0 spiro atoms. The Labute approximate surface area is 112 Å². The van der Waals surface area contributed by atoms with Crippen molar-refractivity contribution in [1.82, 2.24) is 0 Å². The fraction of sp³-hybridized carbons (Fsp3) is 0.429. The number of ketones is 1. The minimum Gasteiger partial charge on any atom is -0.482 e. The maximum absolute atomic E-state index is 13.1. The van der Waals surface area contributed by atoms with Crippen LogP contribution in [0.3, 0.4) is 0 Å². The van der Waals surface area contributed by atoms with Gasteiger partial charge in [0.2, 0.25) is 5.78 Å². The van der Waals surface area contributed by atoms with Crippen LogP contribution >= 0.6 is 0 Å². The number of fused-ring (bicyclic) bond motifs is 1. The van der Waals surface area contributed by atoms with E-state index in [0.717, 1.165) is 5.56 Å². The summed E-state index contributed by atoms with van der Waals surface area (Å²) in [5, 5.41) is 1.28. The van der Waals surface area contributed by atoms with Crippen molar-refractivity contribution in [2.75, 3.05) is 12.0 Å². The van der Waals surface area contributed by atoms with E-state index in [9.17, 15) is 13.4 Å². The van der Waals surface area contributed by atoms with E-state index in [1.165, 1.54) is 23.6 Å². The molecule has 0 bridgehead atoms. The molecule has 0 N–H and O–H groups in total. The standard InChI is InChI=1S/C14H17FO3S/c1-3-19(2,17)9-12(16)14-6-4-10-8-11(15)5-7-13(10)18-14/h5,7-9,14H,3-4,6H2,1-2H3/t14-,19?/m0/s1. The molecule has 2 rings (SSSR count). The first kappa shape index (κ1) is 14.1. The van der Waals surface area contributed by atoms with Crippen molar-refractivity contribution in [1.29, 1.82) is 0 Å². The molecule has 0 radical (unpaired) electrons. The van der Waals surface area contributed by atoms with Crippen LogP contribution in [0.4, 0.5) is 4.39 Å². The van der Waals surface area contributed by atoms with E-state index in [2.05, 4.69) is 0 Å². The van der Waals surface area contributed by atoms with Gasteiger partial charge in [-0.3, -0.25) is 9.00 Å². The van der Waals surface area contributed by atoms with Crippen LogP contribution in [0, 0.1) is 5.82 Å². The van der Waals surface area contributed by atoms with Crippen molar-refractivity contribution < 1.29 is 18.1 Å². The van der Waals surface area contributed by atoms with Crippen LogP contribution in [0.25, 0.3) is 0 Å². The summed E-state index contributed by atoms with van der Waals surface area (Å²) < 4.78 is 30.5. The number of hydrogen-bond donors (Lipinski definition) is 0. The second-order valence-electron chi connectivity index (χ2n) is 4.78. The van der Waals surface area contributed by atoms with Crippen molar-refractivity contribution in [2.45, 2.75) is 25.9 Å². The second kappa shape index (κ2) is 5.33. The number of rotatable bonds is 3. The summed E-state index contributed by atoms with van der Waals surface area (Å²) in [5.41, 5.74) is 0.775. The predicted molar refractivity (Wildman–Crippen MR) is 74.8 cm³/mol. The lowest BCUT2D eigenvalue weighted by Crippen LogP contribution is -2.33. The molecule has 0 aromatic heterocycles. The number of ether oxygens (including phenoxy) is 1. The van der Waals surface area contributed by atoms with E-state index in [1.54, 1.807) is 13.2 Å². The van der Waals surface area contributed by atoms with Gasteiger partial charge in [0.15, 0.2) is 6.10 Å². The minimum absolute atomic E-state index is 0.246. The van der Waals surface area contributed by atoms with Crippen molar-refractivity contribution in [2.24, 2.45) is 0 Å². The minimum atomic E-state index is -2.22. The average molecular weight is 284 g/mol. The normalized spacial score (nSPS) is 20.9. The third kappa shape index (κ3) is 3.35. The summed E-state index contributed by atoms with van der Waals surface area (Å²) in [5.74, 6) is 0.428. The van der Waals surface area contributed by atoms with Gasteiger partial charge < -0.3 is 4.74 Å². The summed E-state index contributed by atoms with van der Waals surface area (Å²) in [6, 6.07) is 4.27. The third-order valence-corrected chi connectivity index (χ3v) is 5.10. The quantitative estimate of drug-likeness (QED) is 0.795. The Morgan fingerprint density at radius 2 is 2.32 bits per heavy atom. The van der Waals surface area contributed by atoms with Crippen molar-refractivity contribution in [3.05, 3.63) is 29.6 Å². The Balaban J connectivity index is 2.19. The molecule has 5 heteroatoms. The fourth-order valence-corrected chi connectivity index (χ4v) is 2.77. The second-order valence-corrected chi connectivity index (χ2v) is 7.73. The maximum atomic E-state index is 13.1. The van der Waals surface area contributed by atoms with Crippen molar-refractivity contribution in [3.63, 3.8) is 0 Å². The third-order valence-electron chi connectivity index (χ3n) is 3.22. The summed E-state index contributed by atoms with van der Waals surface area (Å²) >= 11 is 0. The van der Waals surface area contributed by atoms with E-state index in [0.29, 0.717) is 24.3 Å². The molecule has 1 aliphatic heterocycles. The molecule has 1 aliphatic rings. The van der Waals surface area contributed by atoms with Gasteiger partial charge in [-0.05, 0) is 46.1 Å². The first-order valence-corrected chi connectivity index (χ1v) is 8.42. The number of carbonyl (C=O) groups excluding carboxylic acids is 1. The van der Waals surface area contributed by atoms with Crippen LogP contribution in [0.5, 0.6) is 5.75 Å². The van der Waals surface area contributed by atoms with Crippen molar-refractivity contribution in [3.8, 4) is 5.75 Å². The lowest BCUT2D eigenvalue weighted by Gasteiger charge is -2.24. The van der Waals surface area contributed by atoms with Gasteiger partial charge in [-0.15, -0.1) is 0 Å². The van der Waals surface area contributed by atoms with Gasteiger partial charge in [0.1, 0.15) is 11.6 Å². The van der Waals surface area contributed by atoms with Gasteiger partial charge in [-0.25, -0.2) is 4.39 Å². The summed E-state index contributed by atoms with van der Waals surface area (Å²) in [7, 11) is -2.22. The zero-order valence-corrected chi connectivity index (χ0v) is 11.8. The molecule has 1 heterocycles. The number of Topliss-reactive ketones (excluding diaryl/α,β-unsaturated/α-hetero) is 1. The van der Waals surface area contributed by atoms with Crippen LogP contribution in [0.2, 0.25) is 0 Å². The summed E-state index contributed by atoms with van der Waals surface area (Å²) in [6.45, 7) is 1.78. The van der Waals surface area contributed by atoms with Crippen LogP contribution in [-0.2, 0) is 20.7 Å². The number of aryl methyl sites for hydroxylation is 1. The molecule has 1 unspecified atom stereocenters. The Morgan fingerprint density at radius 3 is 3.00 bits per heavy atom. The molecule has 2 atom stereocenters. The lowest BCUT2D eigenvalue weighted by molar-refractivity contribution is -0.119. The van der Waals surface area contributed by atoms with Crippen LogP contribution < -0.4 is 4.74 Å². The van der Waals surface area contributed by atoms with E-state index in [-0.39, 0.29) is 11.6 Å². The fourth-order valence-electron chi connectivity index (χ4n) is 1.96. The first-order chi connectivity index (χ1) is 8.91. The Kier molecular flexibility index (Phi) is 3.94. The van der Waals surface area contributed by atoms with Gasteiger partial charge in [0.25, 0.3) is 0 Å². The van der Waals surface area contributed by atoms with Gasteiger partial charge in [-0.2, -0.15) is 0 Å². The molecule has 0 aliphatic carbocycles. The summed E-state index contributed by atoms with van der Waals surface area (Å²) in [4.78, 5) is 12.0. The molecular weight excluding hydrogens is 267 g/mol. The molecule has 0 saturated carbocycles. The molecular formula is C14H17FO3S. The Morgan fingerprint density at radius 1 is 1.58 bits per heavy atom. The molecule has 1 aromatic carbocycles. The maximum Gasteiger partial charge on any atom is 0.203 e. The van der Waals surface area contributed by atoms with E-state index in [4.69, 9.17) is 4.74 Å². The number of halogens is 1. The Bertz CT molecular complexity index is 615. The smallest absolute Gasteiger partial charge is 0.203 e. The molecule has 19 heavy (non-hydrogen) atoms. The average Bonchev–Trinajstić information content (AvgIpc) is 2.37. The summed E-state index contributed by atoms with van der Waals surface area (Å²) in [6.07, 6.45) is 2.04. The molecule has 1 aromatic rings. The highest BCUT2D eigenvalue weighted by atomic mass is 32.2. The van der Waals surface area contributed by atoms with Crippen LogP contribution in [0.1, 0.15) is 18.9 Å². The number of hydrogen-bond acceptors (Lipinski definition) is 3. The van der Waals surface area contributed by atoms with E-state index >= 15 is 0 Å². The molecule has 3 nitrogen and oxygen atoms in total. The SMILES string of the molecule is CCS(C)(=O)=CC(=O)[C@@H]1CCc2cc(F)ccc2O1. The first-order valence-electron chi connectivity index (χ1n) is 6.22. The lowest BCUT2D eigenvalue weighted by atomic mass is 10.0. The number of carbonyl (C=O) groups is 1. The van der Waals surface area contributed by atoms with E-state index < -0.39 is 15.6 Å². The van der Waals surface area contributed by atoms with Crippen molar-refractivity contribution >= 4 is 20.7 Å². The predicted octanol–water partition coefficient (Wildman–Crippen LogP) is 1.82. The van der Waals surface area contributed by atoms with Gasteiger partial charge in [-0.1, -0.05) is 6.92 Å². The van der Waals surface area contributed by atoms with E-state index in [1.807, 2.05) is 0 Å². The Hall–Kier alpha value is -1.36. The molecule has 0 saturated heterocycles. The van der Waals surface area contributed by atoms with Gasteiger partial charge in [0.05, 0.1) is 0 Å². The molecule has 0 amide bonds. The molecule has 104 valence electrons. The largest absolute Gasteiger partial charge is 0.482 e. The topological polar surface area (TPSA) is 43.4 Å². The molecule has 0 fully saturated rings. The monoisotopic (exact) mass is 284 g/mol. The van der Waals surface area contributed by atoms with Gasteiger partial charge >= 0.3 is 0 Å². The van der Waals surface area contributed by atoms with Gasteiger partial charge in [0, 0.05) is 17.4 Å². The highest BCUT2D eigenvalue weighted by molar-refractivity contribution is 8.01. The zero-order chi connectivity index (χ0) is 14.0. The highest BCUT2D eigenvalue weighted by Crippen LogP contribution is 2.28. The number of benzene rings is 1. The zero-order valence-electron chi connectivity index (χ0n) is 11.0. The van der Waals surface area contributed by atoms with Crippen LogP contribution in [0.15, 0.2) is 18.2 Å². The highest BCUT2D eigenvalue weighted by Gasteiger charge is 2.25. The van der Waals surface area contributed by atoms with Crippen LogP contribution in [-0.4, -0.2) is 33.5 Å².